The fourth-order valence-corrected chi connectivity index (χ4v) is 4.40. The van der Waals surface area contributed by atoms with Gasteiger partial charge < -0.3 is 10.0 Å². The Hall–Kier alpha value is -1.98. The predicted octanol–water partition coefficient (Wildman–Crippen LogP) is 2.29. The molecule has 2 fully saturated rings. The number of likely N-dealkylation sites (tertiary alicyclic amines) is 1. The normalized spacial score (nSPS) is 27.0. The molecular weight excluding hydrogens is 314 g/mol. The lowest BCUT2D eigenvalue weighted by molar-refractivity contribution is 0.0296. The van der Waals surface area contributed by atoms with Crippen molar-refractivity contribution in [2.75, 3.05) is 20.1 Å². The number of hydrogen-bond acceptors (Lipinski definition) is 4. The topological polar surface area (TPSA) is 56.7 Å². The summed E-state index contributed by atoms with van der Waals surface area (Å²) in [4.78, 5) is 21.4. The lowest BCUT2D eigenvalue weighted by atomic mass is 10.1. The molecule has 1 aromatic carbocycles. The van der Waals surface area contributed by atoms with Crippen LogP contribution in [0.5, 0.6) is 0 Å². The number of fused-ring (bicyclic) bond motifs is 1. The quantitative estimate of drug-likeness (QED) is 0.932. The zero-order valence-corrected chi connectivity index (χ0v) is 14.6. The van der Waals surface area contributed by atoms with Crippen LogP contribution >= 0.6 is 0 Å². The van der Waals surface area contributed by atoms with Crippen molar-refractivity contribution < 1.29 is 9.90 Å². The maximum Gasteiger partial charge on any atom is 0.253 e. The first kappa shape index (κ1) is 16.5. The lowest BCUT2D eigenvalue weighted by Crippen LogP contribution is -2.48. The monoisotopic (exact) mass is 339 g/mol. The van der Waals surface area contributed by atoms with Crippen molar-refractivity contribution in [3.05, 3.63) is 42.1 Å². The molecule has 1 amide bonds. The van der Waals surface area contributed by atoms with E-state index in [0.29, 0.717) is 5.56 Å². The van der Waals surface area contributed by atoms with Crippen molar-refractivity contribution in [1.29, 1.82) is 0 Å². The molecular formula is C20H25N3O2. The second-order valence-corrected chi connectivity index (χ2v) is 7.27. The molecule has 2 heterocycles. The van der Waals surface area contributed by atoms with Crippen molar-refractivity contribution in [1.82, 2.24) is 14.8 Å². The van der Waals surface area contributed by atoms with E-state index in [9.17, 15) is 9.90 Å². The molecule has 0 spiro atoms. The lowest BCUT2D eigenvalue weighted by Gasteiger charge is -2.32. The smallest absolute Gasteiger partial charge is 0.253 e. The maximum atomic E-state index is 12.9. The molecule has 4 rings (SSSR count). The second-order valence-electron chi connectivity index (χ2n) is 7.27. The van der Waals surface area contributed by atoms with Gasteiger partial charge in [0.1, 0.15) is 0 Å². The number of likely N-dealkylation sites (N-methyl/N-ethyl adjacent to an activating group) is 1. The SMILES string of the molecule is CN(C(=O)c1ccc2ncccc2c1)[C@@H]1CC[C@@H](N2CCCC2)[C@@H]1O. The van der Waals surface area contributed by atoms with Crippen LogP contribution in [0.15, 0.2) is 36.5 Å². The number of aliphatic hydroxyl groups is 1. The average molecular weight is 339 g/mol. The van der Waals surface area contributed by atoms with Crippen LogP contribution < -0.4 is 0 Å². The molecule has 1 aliphatic carbocycles. The van der Waals surface area contributed by atoms with E-state index in [4.69, 9.17) is 0 Å². The highest BCUT2D eigenvalue weighted by atomic mass is 16.3. The molecule has 5 nitrogen and oxygen atoms in total. The predicted molar refractivity (Wildman–Crippen MR) is 97.5 cm³/mol. The summed E-state index contributed by atoms with van der Waals surface area (Å²) >= 11 is 0. The molecule has 0 bridgehead atoms. The van der Waals surface area contributed by atoms with E-state index in [1.165, 1.54) is 12.8 Å². The van der Waals surface area contributed by atoms with Gasteiger partial charge in [-0.05, 0) is 63.0 Å². The van der Waals surface area contributed by atoms with Crippen LogP contribution in [-0.4, -0.2) is 64.1 Å². The van der Waals surface area contributed by atoms with Crippen LogP contribution in [0.2, 0.25) is 0 Å². The van der Waals surface area contributed by atoms with Crippen molar-refractivity contribution in [2.24, 2.45) is 0 Å². The fourth-order valence-electron chi connectivity index (χ4n) is 4.40. The molecule has 2 aliphatic rings. The third-order valence-corrected chi connectivity index (χ3v) is 5.82. The molecule has 132 valence electrons. The molecule has 1 aliphatic heterocycles. The van der Waals surface area contributed by atoms with Gasteiger partial charge in [-0.1, -0.05) is 6.07 Å². The van der Waals surface area contributed by atoms with Crippen molar-refractivity contribution in [3.8, 4) is 0 Å². The van der Waals surface area contributed by atoms with Gasteiger partial charge in [-0.3, -0.25) is 14.7 Å². The minimum absolute atomic E-state index is 0.0307. The molecule has 0 unspecified atom stereocenters. The molecule has 25 heavy (non-hydrogen) atoms. The van der Waals surface area contributed by atoms with Gasteiger partial charge in [0.2, 0.25) is 0 Å². The number of rotatable bonds is 3. The largest absolute Gasteiger partial charge is 0.389 e. The van der Waals surface area contributed by atoms with E-state index in [1.807, 2.05) is 37.4 Å². The van der Waals surface area contributed by atoms with E-state index in [-0.39, 0.29) is 18.0 Å². The Morgan fingerprint density at radius 3 is 2.84 bits per heavy atom. The second kappa shape index (κ2) is 6.73. The summed E-state index contributed by atoms with van der Waals surface area (Å²) in [6.45, 7) is 2.15. The summed E-state index contributed by atoms with van der Waals surface area (Å²) in [5, 5.41) is 11.8. The van der Waals surface area contributed by atoms with Crippen molar-refractivity contribution >= 4 is 16.8 Å². The van der Waals surface area contributed by atoms with Crippen LogP contribution in [0.3, 0.4) is 0 Å². The number of amides is 1. The first-order valence-corrected chi connectivity index (χ1v) is 9.19. The van der Waals surface area contributed by atoms with E-state index in [0.717, 1.165) is 36.8 Å². The van der Waals surface area contributed by atoms with E-state index in [2.05, 4.69) is 9.88 Å². The third-order valence-electron chi connectivity index (χ3n) is 5.82. The Balaban J connectivity index is 1.51. The Morgan fingerprint density at radius 1 is 1.24 bits per heavy atom. The third kappa shape index (κ3) is 3.02. The fraction of sp³-hybridized carbons (Fsp3) is 0.500. The van der Waals surface area contributed by atoms with Crippen LogP contribution in [0.1, 0.15) is 36.0 Å². The first-order valence-electron chi connectivity index (χ1n) is 9.19. The van der Waals surface area contributed by atoms with Crippen LogP contribution in [0.25, 0.3) is 10.9 Å². The summed E-state index contributed by atoms with van der Waals surface area (Å²) in [6.07, 6.45) is 5.55. The van der Waals surface area contributed by atoms with E-state index >= 15 is 0 Å². The van der Waals surface area contributed by atoms with E-state index < -0.39 is 6.10 Å². The Morgan fingerprint density at radius 2 is 2.04 bits per heavy atom. The number of aliphatic hydroxyl groups excluding tert-OH is 1. The standard InChI is InChI=1S/C20H25N3O2/c1-22(17-8-9-18(19(17)24)23-11-2-3-12-23)20(25)15-6-7-16-14(13-15)5-4-10-21-16/h4-7,10,13,17-19,24H,2-3,8-9,11-12H2,1H3/t17-,18-,19-/m1/s1. The van der Waals surface area contributed by atoms with Crippen molar-refractivity contribution in [2.45, 2.75) is 43.9 Å². The number of hydrogen-bond donors (Lipinski definition) is 1. The zero-order chi connectivity index (χ0) is 17.4. The number of aromatic nitrogens is 1. The van der Waals surface area contributed by atoms with Gasteiger partial charge in [0, 0.05) is 30.2 Å². The number of benzene rings is 1. The Kier molecular flexibility index (Phi) is 4.44. The molecule has 1 saturated carbocycles. The van der Waals surface area contributed by atoms with Crippen LogP contribution in [-0.2, 0) is 0 Å². The first-order chi connectivity index (χ1) is 12.1. The highest BCUT2D eigenvalue weighted by molar-refractivity contribution is 5.98. The minimum atomic E-state index is -0.464. The number of pyridine rings is 1. The summed E-state index contributed by atoms with van der Waals surface area (Å²) in [7, 11) is 1.82. The van der Waals surface area contributed by atoms with Gasteiger partial charge >= 0.3 is 0 Å². The Bertz CT molecular complexity index is 772. The van der Waals surface area contributed by atoms with Gasteiger partial charge in [-0.25, -0.2) is 0 Å². The highest BCUT2D eigenvalue weighted by Crippen LogP contribution is 2.31. The number of carbonyl (C=O) groups excluding carboxylic acids is 1. The Labute approximate surface area is 148 Å². The molecule has 3 atom stereocenters. The van der Waals surface area contributed by atoms with Crippen LogP contribution in [0.4, 0.5) is 0 Å². The van der Waals surface area contributed by atoms with E-state index in [1.54, 1.807) is 11.1 Å². The van der Waals surface area contributed by atoms with Gasteiger partial charge in [0.15, 0.2) is 0 Å². The summed E-state index contributed by atoms with van der Waals surface area (Å²) in [6, 6.07) is 9.53. The zero-order valence-electron chi connectivity index (χ0n) is 14.6. The molecule has 1 aromatic heterocycles. The van der Waals surface area contributed by atoms with Gasteiger partial charge in [-0.2, -0.15) is 0 Å². The molecule has 5 heteroatoms. The van der Waals surface area contributed by atoms with Gasteiger partial charge in [0.25, 0.3) is 5.91 Å². The number of nitrogens with zero attached hydrogens (tertiary/aromatic N) is 3. The molecule has 0 radical (unpaired) electrons. The summed E-state index contributed by atoms with van der Waals surface area (Å²) in [5.74, 6) is -0.0307. The highest BCUT2D eigenvalue weighted by Gasteiger charge is 2.42. The average Bonchev–Trinajstić information content (AvgIpc) is 3.29. The van der Waals surface area contributed by atoms with Gasteiger partial charge in [0.05, 0.1) is 17.7 Å². The molecule has 1 N–H and O–H groups in total. The summed E-state index contributed by atoms with van der Waals surface area (Å²) < 4.78 is 0. The van der Waals surface area contributed by atoms with Crippen LogP contribution in [0, 0.1) is 0 Å². The number of carbonyl (C=O) groups is 1. The minimum Gasteiger partial charge on any atom is -0.389 e. The van der Waals surface area contributed by atoms with Gasteiger partial charge in [-0.15, -0.1) is 0 Å². The molecule has 1 saturated heterocycles. The maximum absolute atomic E-state index is 12.9. The van der Waals surface area contributed by atoms with Crippen molar-refractivity contribution in [3.63, 3.8) is 0 Å². The molecule has 2 aromatic rings. The summed E-state index contributed by atoms with van der Waals surface area (Å²) in [5.41, 5.74) is 1.54.